The standard InChI is InChI=1S/C29H30F3N5O5/c30-29(31,32)21-12-28(26(39)40,25(38)35-21)11-17-10-22-34-20(14-37(22)33-13-17)24(23(18-6-7-18)19-8-9-19)36-27(41)42-15-16-4-2-1-3-5-16/h1-5,10,13-14,18-19,21,23-24H,6-9,11-12,15H2,(H,35,38)(H,36,41)(H,39,40)/t21-,24?,28?/m0/s1. The van der Waals surface area contributed by atoms with Crippen LogP contribution in [0.2, 0.25) is 0 Å². The molecule has 1 saturated heterocycles. The van der Waals surface area contributed by atoms with Crippen LogP contribution in [0, 0.1) is 23.2 Å². The van der Waals surface area contributed by atoms with Gasteiger partial charge in [0, 0.05) is 6.42 Å². The van der Waals surface area contributed by atoms with Gasteiger partial charge in [0.05, 0.1) is 24.1 Å². The van der Waals surface area contributed by atoms with Gasteiger partial charge in [0.25, 0.3) is 0 Å². The predicted octanol–water partition coefficient (Wildman–Crippen LogP) is 4.20. The van der Waals surface area contributed by atoms with Crippen molar-refractivity contribution in [3.8, 4) is 0 Å². The number of rotatable bonds is 10. The summed E-state index contributed by atoms with van der Waals surface area (Å²) in [6.07, 6.45) is 0.523. The largest absolute Gasteiger partial charge is 0.480 e. The van der Waals surface area contributed by atoms with Crippen molar-refractivity contribution in [2.75, 3.05) is 0 Å². The number of carbonyl (C=O) groups is 3. The van der Waals surface area contributed by atoms with Crippen LogP contribution < -0.4 is 10.6 Å². The summed E-state index contributed by atoms with van der Waals surface area (Å²) in [6.45, 7) is 0.112. The first-order valence-electron chi connectivity index (χ1n) is 14.0. The van der Waals surface area contributed by atoms with Crippen molar-refractivity contribution in [2.24, 2.45) is 23.2 Å². The summed E-state index contributed by atoms with van der Waals surface area (Å²) in [5.74, 6) is -1.76. The first kappa shape index (κ1) is 28.0. The Hall–Kier alpha value is -4.16. The van der Waals surface area contributed by atoms with Crippen molar-refractivity contribution in [1.82, 2.24) is 25.2 Å². The van der Waals surface area contributed by atoms with Crippen molar-refractivity contribution in [3.05, 3.63) is 65.6 Å². The Morgan fingerprint density at radius 1 is 1.14 bits per heavy atom. The molecule has 2 aliphatic carbocycles. The molecule has 1 aliphatic heterocycles. The lowest BCUT2D eigenvalue weighted by molar-refractivity contribution is -0.157. The molecule has 2 aromatic heterocycles. The van der Waals surface area contributed by atoms with Crippen molar-refractivity contribution in [1.29, 1.82) is 0 Å². The SMILES string of the molecule is O=C(NC(c1cn2ncc(CC3(C(=O)O)C[C@@H](C(F)(F)F)NC3=O)cc2n1)C(C1CC1)C1CC1)OCc1ccccc1. The van der Waals surface area contributed by atoms with E-state index in [4.69, 9.17) is 9.72 Å². The van der Waals surface area contributed by atoms with Gasteiger partial charge in [-0.3, -0.25) is 9.59 Å². The summed E-state index contributed by atoms with van der Waals surface area (Å²) in [4.78, 5) is 42.3. The molecule has 3 heterocycles. The Morgan fingerprint density at radius 2 is 1.83 bits per heavy atom. The van der Waals surface area contributed by atoms with E-state index < -0.39 is 54.5 Å². The number of imidazole rings is 1. The first-order valence-corrected chi connectivity index (χ1v) is 14.0. The van der Waals surface area contributed by atoms with Crippen molar-refractivity contribution < 1.29 is 37.4 Å². The van der Waals surface area contributed by atoms with Gasteiger partial charge in [0.2, 0.25) is 5.91 Å². The molecule has 222 valence electrons. The van der Waals surface area contributed by atoms with Gasteiger partial charge in [-0.05, 0) is 67.1 Å². The van der Waals surface area contributed by atoms with Gasteiger partial charge in [0.1, 0.15) is 12.6 Å². The van der Waals surface area contributed by atoms with Crippen molar-refractivity contribution in [2.45, 2.75) is 63.4 Å². The van der Waals surface area contributed by atoms with Gasteiger partial charge in [-0.25, -0.2) is 14.3 Å². The van der Waals surface area contributed by atoms with E-state index in [0.29, 0.717) is 23.2 Å². The lowest BCUT2D eigenvalue weighted by atomic mass is 9.79. The number of carboxylic acids is 1. The van der Waals surface area contributed by atoms with Gasteiger partial charge in [-0.2, -0.15) is 18.3 Å². The number of benzene rings is 1. The molecule has 0 radical (unpaired) electrons. The maximum Gasteiger partial charge on any atom is 0.408 e. The number of ether oxygens (including phenoxy) is 1. The van der Waals surface area contributed by atoms with E-state index in [9.17, 15) is 32.7 Å². The van der Waals surface area contributed by atoms with E-state index in [2.05, 4.69) is 10.4 Å². The number of amides is 2. The minimum absolute atomic E-state index is 0.112. The lowest BCUT2D eigenvalue weighted by Crippen LogP contribution is -2.41. The molecule has 2 amide bonds. The van der Waals surface area contributed by atoms with E-state index in [1.165, 1.54) is 16.8 Å². The van der Waals surface area contributed by atoms with Gasteiger partial charge >= 0.3 is 18.2 Å². The van der Waals surface area contributed by atoms with Crippen LogP contribution >= 0.6 is 0 Å². The molecule has 3 N–H and O–H groups in total. The van der Waals surface area contributed by atoms with Crippen LogP contribution in [0.3, 0.4) is 0 Å². The van der Waals surface area contributed by atoms with E-state index >= 15 is 0 Å². The summed E-state index contributed by atoms with van der Waals surface area (Å²) in [5, 5.41) is 18.9. The Morgan fingerprint density at radius 3 is 2.43 bits per heavy atom. The van der Waals surface area contributed by atoms with Crippen LogP contribution in [-0.4, -0.2) is 49.9 Å². The number of alkyl halides is 3. The molecule has 6 rings (SSSR count). The van der Waals surface area contributed by atoms with Crippen LogP contribution in [0.4, 0.5) is 18.0 Å². The number of hydrogen-bond acceptors (Lipinski definition) is 6. The third kappa shape index (κ3) is 5.64. The second-order valence-corrected chi connectivity index (χ2v) is 11.6. The van der Waals surface area contributed by atoms with Crippen LogP contribution in [0.25, 0.3) is 5.65 Å². The third-order valence-corrected chi connectivity index (χ3v) is 8.52. The quantitative estimate of drug-likeness (QED) is 0.304. The van der Waals surface area contributed by atoms with E-state index in [1.807, 2.05) is 30.3 Å². The summed E-state index contributed by atoms with van der Waals surface area (Å²) < 4.78 is 46.9. The highest BCUT2D eigenvalue weighted by Crippen LogP contribution is 2.54. The monoisotopic (exact) mass is 585 g/mol. The normalized spacial score (nSPS) is 23.1. The maximum atomic E-state index is 13.3. The van der Waals surface area contributed by atoms with Gasteiger partial charge in [-0.15, -0.1) is 0 Å². The molecule has 3 aromatic rings. The number of carbonyl (C=O) groups excluding carboxylic acids is 2. The number of nitrogens with one attached hydrogen (secondary N) is 2. The zero-order valence-corrected chi connectivity index (χ0v) is 22.5. The molecule has 2 saturated carbocycles. The fourth-order valence-electron chi connectivity index (χ4n) is 6.08. The Bertz CT molecular complexity index is 1490. The molecule has 0 bridgehead atoms. The fourth-order valence-corrected chi connectivity index (χ4v) is 6.08. The number of alkyl carbamates (subject to hydrolysis) is 1. The zero-order valence-electron chi connectivity index (χ0n) is 22.5. The number of nitrogens with zero attached hydrogens (tertiary/aromatic N) is 3. The number of aliphatic carboxylic acids is 1. The molecule has 2 unspecified atom stereocenters. The second-order valence-electron chi connectivity index (χ2n) is 11.6. The fraction of sp³-hybridized carbons (Fsp3) is 0.483. The number of hydrogen-bond donors (Lipinski definition) is 3. The van der Waals surface area contributed by atoms with Crippen LogP contribution in [0.5, 0.6) is 0 Å². The number of fused-ring (bicyclic) bond motifs is 1. The van der Waals surface area contributed by atoms with E-state index in [-0.39, 0.29) is 18.1 Å². The summed E-state index contributed by atoms with van der Waals surface area (Å²) in [5.41, 5.74) is -0.294. The van der Waals surface area contributed by atoms with Gasteiger partial charge in [-0.1, -0.05) is 30.3 Å². The third-order valence-electron chi connectivity index (χ3n) is 8.52. The number of carboxylic acid groups (broad SMARTS) is 1. The smallest absolute Gasteiger partial charge is 0.408 e. The Kier molecular flexibility index (Phi) is 7.06. The Labute approximate surface area is 238 Å². The maximum absolute atomic E-state index is 13.3. The van der Waals surface area contributed by atoms with Crippen LogP contribution in [0.1, 0.15) is 55.0 Å². The van der Waals surface area contributed by atoms with Crippen molar-refractivity contribution in [3.63, 3.8) is 0 Å². The highest BCUT2D eigenvalue weighted by atomic mass is 19.4. The lowest BCUT2D eigenvalue weighted by Gasteiger charge is -2.26. The average Bonchev–Trinajstić information content (AvgIpc) is 3.88. The molecule has 42 heavy (non-hydrogen) atoms. The van der Waals surface area contributed by atoms with E-state index in [1.54, 1.807) is 11.5 Å². The second kappa shape index (κ2) is 10.6. The molecular formula is C29H30F3N5O5. The molecule has 3 fully saturated rings. The number of halogens is 3. The summed E-state index contributed by atoms with van der Waals surface area (Å²) >= 11 is 0. The molecule has 10 nitrogen and oxygen atoms in total. The zero-order chi connectivity index (χ0) is 29.6. The molecule has 3 atom stereocenters. The van der Waals surface area contributed by atoms with Crippen molar-refractivity contribution >= 4 is 23.6 Å². The molecule has 1 aromatic carbocycles. The summed E-state index contributed by atoms with van der Waals surface area (Å²) in [6, 6.07) is 8.15. The van der Waals surface area contributed by atoms with E-state index in [0.717, 1.165) is 31.2 Å². The highest BCUT2D eigenvalue weighted by Gasteiger charge is 2.59. The van der Waals surface area contributed by atoms with Gasteiger partial charge < -0.3 is 20.5 Å². The predicted molar refractivity (Wildman–Crippen MR) is 141 cm³/mol. The first-order chi connectivity index (χ1) is 20.0. The Balaban J connectivity index is 1.25. The topological polar surface area (TPSA) is 135 Å². The molecule has 13 heteroatoms. The summed E-state index contributed by atoms with van der Waals surface area (Å²) in [7, 11) is 0. The van der Waals surface area contributed by atoms with Gasteiger partial charge in [0.15, 0.2) is 11.1 Å². The average molecular weight is 586 g/mol. The number of aromatic nitrogens is 3. The minimum atomic E-state index is -4.77. The minimum Gasteiger partial charge on any atom is -0.480 e. The highest BCUT2D eigenvalue weighted by molar-refractivity contribution is 6.04. The molecular weight excluding hydrogens is 555 g/mol. The van der Waals surface area contributed by atoms with Crippen LogP contribution in [-0.2, 0) is 27.4 Å². The molecule has 3 aliphatic rings. The molecule has 0 spiro atoms. The van der Waals surface area contributed by atoms with Crippen LogP contribution in [0.15, 0.2) is 48.8 Å².